The van der Waals surface area contributed by atoms with Gasteiger partial charge in [0.25, 0.3) is 0 Å². The molecule has 0 aromatic carbocycles. The summed E-state index contributed by atoms with van der Waals surface area (Å²) in [5.41, 5.74) is 0. The van der Waals surface area contributed by atoms with Crippen molar-refractivity contribution in [2.75, 3.05) is 26.7 Å². The summed E-state index contributed by atoms with van der Waals surface area (Å²) in [6.07, 6.45) is 1.59. The Hall–Kier alpha value is -0.160. The van der Waals surface area contributed by atoms with Crippen molar-refractivity contribution in [2.24, 2.45) is 5.84 Å². The molecule has 0 bridgehead atoms. The van der Waals surface area contributed by atoms with E-state index in [1.165, 1.54) is 0 Å². The van der Waals surface area contributed by atoms with E-state index in [0.717, 1.165) is 26.1 Å². The van der Waals surface area contributed by atoms with Crippen molar-refractivity contribution in [3.8, 4) is 0 Å². The first kappa shape index (κ1) is 10.9. The summed E-state index contributed by atoms with van der Waals surface area (Å²) < 4.78 is 0. The van der Waals surface area contributed by atoms with Gasteiger partial charge < -0.3 is 5.32 Å². The van der Waals surface area contributed by atoms with E-state index in [2.05, 4.69) is 24.1 Å². The summed E-state index contributed by atoms with van der Waals surface area (Å²) in [6, 6.07) is 0.518. The number of nitrogens with two attached hydrogens (primary N) is 1. The largest absolute Gasteiger partial charge is 0.305 e. The maximum absolute atomic E-state index is 5.88. The van der Waals surface area contributed by atoms with Gasteiger partial charge in [-0.05, 0) is 20.4 Å². The summed E-state index contributed by atoms with van der Waals surface area (Å²) in [5.74, 6) is 5.88. The highest BCUT2D eigenvalue weighted by Crippen LogP contribution is 2.10. The van der Waals surface area contributed by atoms with Gasteiger partial charge in [0.1, 0.15) is 0 Å². The van der Waals surface area contributed by atoms with Crippen LogP contribution in [0, 0.1) is 0 Å². The molecule has 2 unspecified atom stereocenters. The molecule has 2 atom stereocenters. The number of nitrogens with zero attached hydrogens (tertiary/aromatic N) is 2. The second-order valence-electron chi connectivity index (χ2n) is 3.76. The molecule has 1 saturated heterocycles. The molecule has 0 saturated carbocycles. The van der Waals surface area contributed by atoms with Crippen LogP contribution in [0.1, 0.15) is 20.3 Å². The van der Waals surface area contributed by atoms with Gasteiger partial charge in [0.2, 0.25) is 0 Å². The van der Waals surface area contributed by atoms with Crippen molar-refractivity contribution < 1.29 is 0 Å². The lowest BCUT2D eigenvalue weighted by atomic mass is 10.1. The maximum atomic E-state index is 5.88. The molecule has 78 valence electrons. The zero-order valence-corrected chi connectivity index (χ0v) is 8.95. The molecule has 1 aliphatic heterocycles. The van der Waals surface area contributed by atoms with Gasteiger partial charge in [-0.1, -0.05) is 6.92 Å². The van der Waals surface area contributed by atoms with E-state index in [9.17, 15) is 0 Å². The van der Waals surface area contributed by atoms with Gasteiger partial charge in [0.05, 0.1) is 6.17 Å². The second kappa shape index (κ2) is 4.91. The predicted molar refractivity (Wildman–Crippen MR) is 55.1 cm³/mol. The van der Waals surface area contributed by atoms with Crippen LogP contribution in [-0.4, -0.2) is 48.8 Å². The van der Waals surface area contributed by atoms with Crippen LogP contribution >= 0.6 is 0 Å². The van der Waals surface area contributed by atoms with Gasteiger partial charge >= 0.3 is 0 Å². The van der Waals surface area contributed by atoms with Crippen LogP contribution in [0.5, 0.6) is 0 Å². The van der Waals surface area contributed by atoms with Crippen LogP contribution in [0.2, 0.25) is 0 Å². The molecule has 4 heteroatoms. The Morgan fingerprint density at radius 3 is 2.77 bits per heavy atom. The fourth-order valence-corrected chi connectivity index (χ4v) is 1.79. The van der Waals surface area contributed by atoms with E-state index >= 15 is 0 Å². The molecule has 0 amide bonds. The highest BCUT2D eigenvalue weighted by molar-refractivity contribution is 4.79. The summed E-state index contributed by atoms with van der Waals surface area (Å²) in [5, 5.41) is 5.23. The first-order valence-corrected chi connectivity index (χ1v) is 5.11. The summed E-state index contributed by atoms with van der Waals surface area (Å²) in [4.78, 5) is 2.44. The highest BCUT2D eigenvalue weighted by atomic mass is 15.5. The van der Waals surface area contributed by atoms with E-state index in [4.69, 9.17) is 5.84 Å². The molecule has 1 heterocycles. The van der Waals surface area contributed by atoms with E-state index in [1.54, 1.807) is 0 Å². The van der Waals surface area contributed by atoms with Gasteiger partial charge in [-0.25, -0.2) is 5.01 Å². The molecule has 13 heavy (non-hydrogen) atoms. The standard InChI is InChI=1S/C9H22N4/c1-4-9-7-12(8(2)11-3)5-6-13(9)10/h8-9,11H,4-7,10H2,1-3H3. The Morgan fingerprint density at radius 1 is 1.54 bits per heavy atom. The molecule has 0 aromatic heterocycles. The van der Waals surface area contributed by atoms with Gasteiger partial charge in [-0.2, -0.15) is 0 Å². The van der Waals surface area contributed by atoms with Gasteiger partial charge in [-0.15, -0.1) is 0 Å². The zero-order valence-electron chi connectivity index (χ0n) is 8.95. The Morgan fingerprint density at radius 2 is 2.23 bits per heavy atom. The van der Waals surface area contributed by atoms with E-state index in [0.29, 0.717) is 12.2 Å². The van der Waals surface area contributed by atoms with Gasteiger partial charge in [-0.3, -0.25) is 10.7 Å². The lowest BCUT2D eigenvalue weighted by Gasteiger charge is -2.41. The molecule has 0 radical (unpaired) electrons. The minimum absolute atomic E-state index is 0.461. The third kappa shape index (κ3) is 2.64. The molecule has 0 aromatic rings. The van der Waals surface area contributed by atoms with Crippen molar-refractivity contribution in [3.05, 3.63) is 0 Å². The van der Waals surface area contributed by atoms with Crippen molar-refractivity contribution >= 4 is 0 Å². The third-order valence-corrected chi connectivity index (χ3v) is 3.00. The molecule has 1 fully saturated rings. The molecule has 0 spiro atoms. The molecule has 0 aliphatic carbocycles. The first-order chi connectivity index (χ1) is 6.19. The predicted octanol–water partition coefficient (Wildman–Crippen LogP) is -0.178. The monoisotopic (exact) mass is 186 g/mol. The van der Waals surface area contributed by atoms with Crippen molar-refractivity contribution in [2.45, 2.75) is 32.5 Å². The average molecular weight is 186 g/mol. The lowest BCUT2D eigenvalue weighted by molar-refractivity contribution is 0.0433. The molecule has 1 aliphatic rings. The highest BCUT2D eigenvalue weighted by Gasteiger charge is 2.25. The Balaban J connectivity index is 2.44. The smallest absolute Gasteiger partial charge is 0.0566 e. The molecule has 3 N–H and O–H groups in total. The van der Waals surface area contributed by atoms with Gasteiger partial charge in [0.15, 0.2) is 0 Å². The number of hydrogen-bond acceptors (Lipinski definition) is 4. The minimum Gasteiger partial charge on any atom is -0.305 e. The van der Waals surface area contributed by atoms with E-state index in [1.807, 2.05) is 12.1 Å². The van der Waals surface area contributed by atoms with Gasteiger partial charge in [0, 0.05) is 25.7 Å². The quantitative estimate of drug-likeness (QED) is 0.600. The number of rotatable bonds is 3. The summed E-state index contributed by atoms with van der Waals surface area (Å²) in [6.45, 7) is 7.51. The zero-order chi connectivity index (χ0) is 9.84. The van der Waals surface area contributed by atoms with Crippen molar-refractivity contribution in [1.82, 2.24) is 15.2 Å². The lowest BCUT2D eigenvalue weighted by Crippen LogP contribution is -2.59. The summed E-state index contributed by atoms with van der Waals surface area (Å²) >= 11 is 0. The van der Waals surface area contributed by atoms with Crippen LogP contribution in [0.15, 0.2) is 0 Å². The van der Waals surface area contributed by atoms with Crippen LogP contribution in [0.25, 0.3) is 0 Å². The fraction of sp³-hybridized carbons (Fsp3) is 1.00. The van der Waals surface area contributed by atoms with Crippen LogP contribution < -0.4 is 11.2 Å². The Bertz CT molecular complexity index is 151. The Kier molecular flexibility index (Phi) is 4.12. The fourth-order valence-electron chi connectivity index (χ4n) is 1.79. The maximum Gasteiger partial charge on any atom is 0.0566 e. The Labute approximate surface area is 81.0 Å². The third-order valence-electron chi connectivity index (χ3n) is 3.00. The topological polar surface area (TPSA) is 44.5 Å². The van der Waals surface area contributed by atoms with E-state index in [-0.39, 0.29) is 0 Å². The van der Waals surface area contributed by atoms with Crippen LogP contribution in [-0.2, 0) is 0 Å². The van der Waals surface area contributed by atoms with Crippen LogP contribution in [0.4, 0.5) is 0 Å². The summed E-state index contributed by atoms with van der Waals surface area (Å²) in [7, 11) is 2.00. The van der Waals surface area contributed by atoms with Crippen molar-refractivity contribution in [3.63, 3.8) is 0 Å². The molecule has 4 nitrogen and oxygen atoms in total. The van der Waals surface area contributed by atoms with Crippen LogP contribution in [0.3, 0.4) is 0 Å². The number of hydrazine groups is 1. The number of hydrogen-bond donors (Lipinski definition) is 2. The first-order valence-electron chi connectivity index (χ1n) is 5.11. The average Bonchev–Trinajstić information content (AvgIpc) is 2.17. The minimum atomic E-state index is 0.461. The molecular formula is C9H22N4. The van der Waals surface area contributed by atoms with Crippen molar-refractivity contribution in [1.29, 1.82) is 0 Å². The number of nitrogens with one attached hydrogen (secondary N) is 1. The van der Waals surface area contributed by atoms with E-state index < -0.39 is 0 Å². The second-order valence-corrected chi connectivity index (χ2v) is 3.76. The molecular weight excluding hydrogens is 164 g/mol. The normalized spacial score (nSPS) is 29.1. The molecule has 1 rings (SSSR count). The SMILES string of the molecule is CCC1CN(C(C)NC)CCN1N. The number of piperazine rings is 1.